The van der Waals surface area contributed by atoms with Crippen molar-refractivity contribution in [2.75, 3.05) is 13.6 Å². The number of carbonyl (C=O) groups is 3. The van der Waals surface area contributed by atoms with Crippen molar-refractivity contribution in [1.29, 1.82) is 0 Å². The van der Waals surface area contributed by atoms with Crippen molar-refractivity contribution >= 4 is 17.8 Å². The fraction of sp³-hybridized carbons (Fsp3) is 0.571. The van der Waals surface area contributed by atoms with Crippen LogP contribution in [0.2, 0.25) is 0 Å². The van der Waals surface area contributed by atoms with E-state index in [9.17, 15) is 14.4 Å². The Labute approximate surface area is 80.3 Å². The maximum absolute atomic E-state index is 10.6. The molecule has 80 valence electrons. The third-order valence-electron chi connectivity index (χ3n) is 1.40. The van der Waals surface area contributed by atoms with E-state index in [4.69, 9.17) is 10.2 Å². The van der Waals surface area contributed by atoms with Crippen LogP contribution in [0.1, 0.15) is 6.92 Å². The van der Waals surface area contributed by atoms with Gasteiger partial charge >= 0.3 is 11.9 Å². The van der Waals surface area contributed by atoms with E-state index >= 15 is 0 Å². The Bertz CT molecular complexity index is 252. The Morgan fingerprint density at radius 3 is 2.14 bits per heavy atom. The molecular formula is C7H12N2O5. The molecule has 14 heavy (non-hydrogen) atoms. The first-order chi connectivity index (χ1) is 6.34. The lowest BCUT2D eigenvalue weighted by Gasteiger charge is -2.22. The van der Waals surface area contributed by atoms with Crippen LogP contribution in [0.3, 0.4) is 0 Å². The zero-order chi connectivity index (χ0) is 11.3. The summed E-state index contributed by atoms with van der Waals surface area (Å²) in [6.45, 7) is 0.696. The molecule has 0 saturated heterocycles. The molecule has 1 amide bonds. The highest BCUT2D eigenvalue weighted by molar-refractivity contribution is 5.82. The fourth-order valence-electron chi connectivity index (χ4n) is 0.858. The van der Waals surface area contributed by atoms with E-state index in [0.29, 0.717) is 0 Å². The number of hydrogen-bond donors (Lipinski definition) is 3. The Balaban J connectivity index is 4.40. The minimum Gasteiger partial charge on any atom is -0.480 e. The standard InChI is InChI=1S/C7H12N2O5/c1-4(10)8-6(7(13)14)9(2)3-5(11)12/h6H,3H2,1-2H3,(H,8,10)(H,11,12)(H,13,14). The SMILES string of the molecule is CC(=O)NC(C(=O)O)N(C)CC(=O)O. The van der Waals surface area contributed by atoms with Gasteiger partial charge in [-0.15, -0.1) is 0 Å². The Morgan fingerprint density at radius 2 is 1.86 bits per heavy atom. The van der Waals surface area contributed by atoms with Crippen LogP contribution in [-0.2, 0) is 14.4 Å². The van der Waals surface area contributed by atoms with Crippen LogP contribution in [-0.4, -0.2) is 52.7 Å². The third-order valence-corrected chi connectivity index (χ3v) is 1.40. The van der Waals surface area contributed by atoms with Gasteiger partial charge in [0.15, 0.2) is 6.17 Å². The fourth-order valence-corrected chi connectivity index (χ4v) is 0.858. The van der Waals surface area contributed by atoms with E-state index in [0.717, 1.165) is 11.8 Å². The Morgan fingerprint density at radius 1 is 1.36 bits per heavy atom. The number of aliphatic carboxylic acids is 2. The monoisotopic (exact) mass is 204 g/mol. The van der Waals surface area contributed by atoms with Crippen molar-refractivity contribution in [2.24, 2.45) is 0 Å². The molecule has 3 N–H and O–H groups in total. The number of nitrogens with zero attached hydrogens (tertiary/aromatic N) is 1. The highest BCUT2D eigenvalue weighted by Crippen LogP contribution is 1.92. The van der Waals surface area contributed by atoms with Crippen molar-refractivity contribution in [3.8, 4) is 0 Å². The molecule has 0 aromatic carbocycles. The molecule has 0 saturated carbocycles. The number of carboxylic acid groups (broad SMARTS) is 2. The van der Waals surface area contributed by atoms with E-state index in [1.54, 1.807) is 0 Å². The summed E-state index contributed by atoms with van der Waals surface area (Å²) in [4.78, 5) is 32.5. The van der Waals surface area contributed by atoms with Crippen molar-refractivity contribution in [2.45, 2.75) is 13.1 Å². The van der Waals surface area contributed by atoms with Crippen LogP contribution in [0.5, 0.6) is 0 Å². The van der Waals surface area contributed by atoms with E-state index in [-0.39, 0.29) is 0 Å². The summed E-state index contributed by atoms with van der Waals surface area (Å²) in [5.41, 5.74) is 0. The largest absolute Gasteiger partial charge is 0.480 e. The molecule has 1 unspecified atom stereocenters. The van der Waals surface area contributed by atoms with Gasteiger partial charge in [-0.3, -0.25) is 14.5 Å². The molecule has 7 nitrogen and oxygen atoms in total. The third kappa shape index (κ3) is 4.41. The summed E-state index contributed by atoms with van der Waals surface area (Å²) in [7, 11) is 1.29. The second-order valence-electron chi connectivity index (χ2n) is 2.75. The molecule has 7 heteroatoms. The number of amides is 1. The summed E-state index contributed by atoms with van der Waals surface area (Å²) >= 11 is 0. The summed E-state index contributed by atoms with van der Waals surface area (Å²) in [5, 5.41) is 19.2. The van der Waals surface area contributed by atoms with Crippen molar-refractivity contribution < 1.29 is 24.6 Å². The van der Waals surface area contributed by atoms with Gasteiger partial charge < -0.3 is 15.5 Å². The van der Waals surface area contributed by atoms with Gasteiger partial charge in [-0.05, 0) is 7.05 Å². The molecule has 0 aromatic heterocycles. The van der Waals surface area contributed by atoms with Crippen LogP contribution >= 0.6 is 0 Å². The molecule has 0 aliphatic rings. The van der Waals surface area contributed by atoms with Gasteiger partial charge in [-0.25, -0.2) is 4.79 Å². The van der Waals surface area contributed by atoms with E-state index < -0.39 is 30.6 Å². The molecule has 0 heterocycles. The van der Waals surface area contributed by atoms with Crippen LogP contribution in [0.25, 0.3) is 0 Å². The summed E-state index contributed by atoms with van der Waals surface area (Å²) < 4.78 is 0. The Kier molecular flexibility index (Phi) is 4.57. The Hall–Kier alpha value is -1.63. The number of rotatable bonds is 5. The van der Waals surface area contributed by atoms with Crippen LogP contribution in [0, 0.1) is 0 Å². The van der Waals surface area contributed by atoms with Gasteiger partial charge in [0.1, 0.15) is 0 Å². The minimum absolute atomic E-state index is 0.461. The van der Waals surface area contributed by atoms with Crippen molar-refractivity contribution in [3.05, 3.63) is 0 Å². The molecule has 0 aromatic rings. The normalized spacial score (nSPS) is 12.2. The number of likely N-dealkylation sites (N-methyl/N-ethyl adjacent to an activating group) is 1. The van der Waals surface area contributed by atoms with Crippen molar-refractivity contribution in [1.82, 2.24) is 10.2 Å². The lowest BCUT2D eigenvalue weighted by Crippen LogP contribution is -2.52. The molecule has 0 spiro atoms. The first-order valence-corrected chi connectivity index (χ1v) is 3.76. The molecule has 0 radical (unpaired) electrons. The number of carboxylic acids is 2. The van der Waals surface area contributed by atoms with Crippen LogP contribution in [0.15, 0.2) is 0 Å². The zero-order valence-electron chi connectivity index (χ0n) is 7.85. The molecule has 1 atom stereocenters. The topological polar surface area (TPSA) is 107 Å². The maximum Gasteiger partial charge on any atom is 0.341 e. The molecule has 0 aliphatic carbocycles. The maximum atomic E-state index is 10.6. The molecule has 0 bridgehead atoms. The second-order valence-corrected chi connectivity index (χ2v) is 2.75. The summed E-state index contributed by atoms with van der Waals surface area (Å²) in [6.07, 6.45) is -1.32. The van der Waals surface area contributed by atoms with Gasteiger partial charge in [0, 0.05) is 6.92 Å². The van der Waals surface area contributed by atoms with E-state index in [2.05, 4.69) is 5.32 Å². The predicted molar refractivity (Wildman–Crippen MR) is 45.5 cm³/mol. The predicted octanol–water partition coefficient (Wildman–Crippen LogP) is -1.45. The minimum atomic E-state index is -1.32. The van der Waals surface area contributed by atoms with Crippen LogP contribution in [0.4, 0.5) is 0 Å². The average Bonchev–Trinajstić information content (AvgIpc) is 1.97. The van der Waals surface area contributed by atoms with Crippen LogP contribution < -0.4 is 5.32 Å². The highest BCUT2D eigenvalue weighted by atomic mass is 16.4. The average molecular weight is 204 g/mol. The number of nitrogens with one attached hydrogen (secondary N) is 1. The first-order valence-electron chi connectivity index (χ1n) is 3.76. The first kappa shape index (κ1) is 12.4. The molecule has 0 rings (SSSR count). The van der Waals surface area contributed by atoms with Gasteiger partial charge in [0.05, 0.1) is 6.54 Å². The molecule has 0 fully saturated rings. The lowest BCUT2D eigenvalue weighted by atomic mass is 10.4. The van der Waals surface area contributed by atoms with E-state index in [1.165, 1.54) is 7.05 Å². The van der Waals surface area contributed by atoms with E-state index in [1.807, 2.05) is 0 Å². The lowest BCUT2D eigenvalue weighted by molar-refractivity contribution is -0.149. The van der Waals surface area contributed by atoms with Gasteiger partial charge in [0.2, 0.25) is 5.91 Å². The van der Waals surface area contributed by atoms with Gasteiger partial charge in [-0.2, -0.15) is 0 Å². The smallest absolute Gasteiger partial charge is 0.341 e. The highest BCUT2D eigenvalue weighted by Gasteiger charge is 2.24. The molecular weight excluding hydrogens is 192 g/mol. The van der Waals surface area contributed by atoms with Gasteiger partial charge in [-0.1, -0.05) is 0 Å². The summed E-state index contributed by atoms with van der Waals surface area (Å²) in [6, 6.07) is 0. The number of carbonyl (C=O) groups excluding carboxylic acids is 1. The second kappa shape index (κ2) is 5.18. The molecule has 0 aliphatic heterocycles. The number of hydrogen-bond acceptors (Lipinski definition) is 4. The quantitative estimate of drug-likeness (QED) is 0.473. The zero-order valence-corrected chi connectivity index (χ0v) is 7.85. The van der Waals surface area contributed by atoms with Gasteiger partial charge in [0.25, 0.3) is 0 Å². The van der Waals surface area contributed by atoms with Crippen molar-refractivity contribution in [3.63, 3.8) is 0 Å². The summed E-state index contributed by atoms with van der Waals surface area (Å²) in [5.74, 6) is -3.00.